The summed E-state index contributed by atoms with van der Waals surface area (Å²) in [6, 6.07) is 19.0. The van der Waals surface area contributed by atoms with Gasteiger partial charge in [-0.3, -0.25) is 13.9 Å². The van der Waals surface area contributed by atoms with Gasteiger partial charge in [-0.05, 0) is 48.9 Å². The normalized spacial score (nSPS) is 11.8. The van der Waals surface area contributed by atoms with E-state index in [0.717, 1.165) is 14.3 Å². The second-order valence-corrected chi connectivity index (χ2v) is 11.1. The van der Waals surface area contributed by atoms with Crippen molar-refractivity contribution in [3.05, 3.63) is 82.8 Å². The molecule has 0 radical (unpaired) electrons. The summed E-state index contributed by atoms with van der Waals surface area (Å²) < 4.78 is 40.2. The number of carbonyl (C=O) groups excluding carboxylic acids is 2. The molecule has 11 heteroatoms. The van der Waals surface area contributed by atoms with Crippen molar-refractivity contribution in [2.75, 3.05) is 32.1 Å². The lowest BCUT2D eigenvalue weighted by molar-refractivity contribution is -0.139. The lowest BCUT2D eigenvalue weighted by Crippen LogP contribution is -2.50. The standard InChI is InChI=1S/C27H30BrN3O6S/c1-19(27(33)29-2)30(17-20-10-12-21(28)13-11-20)26(32)18-31(22-8-6-5-7-9-22)38(34,35)23-14-15-24(36-3)25(16-23)37-4/h5-16,19H,17-18H2,1-4H3,(H,29,33)/t19-/m1/s1. The summed E-state index contributed by atoms with van der Waals surface area (Å²) >= 11 is 3.39. The fourth-order valence-corrected chi connectivity index (χ4v) is 5.50. The molecular formula is C27H30BrN3O6S. The first kappa shape index (κ1) is 29.0. The van der Waals surface area contributed by atoms with Gasteiger partial charge in [-0.2, -0.15) is 0 Å². The van der Waals surface area contributed by atoms with Crippen LogP contribution in [0.3, 0.4) is 0 Å². The van der Waals surface area contributed by atoms with Gasteiger partial charge in [0.05, 0.1) is 24.8 Å². The van der Waals surface area contributed by atoms with Crippen molar-refractivity contribution < 1.29 is 27.5 Å². The lowest BCUT2D eigenvalue weighted by atomic mass is 10.1. The predicted octanol–water partition coefficient (Wildman–Crippen LogP) is 3.82. The van der Waals surface area contributed by atoms with E-state index in [1.165, 1.54) is 44.4 Å². The van der Waals surface area contributed by atoms with Crippen LogP contribution >= 0.6 is 15.9 Å². The number of carbonyl (C=O) groups is 2. The number of para-hydroxylation sites is 1. The van der Waals surface area contributed by atoms with E-state index in [2.05, 4.69) is 21.2 Å². The van der Waals surface area contributed by atoms with Crippen molar-refractivity contribution in [1.29, 1.82) is 0 Å². The number of amides is 2. The number of ether oxygens (including phenoxy) is 2. The molecule has 38 heavy (non-hydrogen) atoms. The molecule has 2 amide bonds. The number of rotatable bonds is 11. The van der Waals surface area contributed by atoms with Crippen LogP contribution in [-0.2, 0) is 26.2 Å². The van der Waals surface area contributed by atoms with Gasteiger partial charge in [0.15, 0.2) is 11.5 Å². The Morgan fingerprint density at radius 2 is 1.58 bits per heavy atom. The maximum absolute atomic E-state index is 13.9. The first-order valence-electron chi connectivity index (χ1n) is 11.7. The molecule has 0 aliphatic carbocycles. The number of hydrogen-bond donors (Lipinski definition) is 1. The largest absolute Gasteiger partial charge is 0.493 e. The van der Waals surface area contributed by atoms with Crippen molar-refractivity contribution in [2.24, 2.45) is 0 Å². The minimum absolute atomic E-state index is 0.0781. The highest BCUT2D eigenvalue weighted by Crippen LogP contribution is 2.32. The Kier molecular flexibility index (Phi) is 9.76. The third kappa shape index (κ3) is 6.65. The van der Waals surface area contributed by atoms with Crippen molar-refractivity contribution in [1.82, 2.24) is 10.2 Å². The van der Waals surface area contributed by atoms with Crippen LogP contribution in [0.25, 0.3) is 0 Å². The van der Waals surface area contributed by atoms with E-state index in [1.807, 2.05) is 24.3 Å². The molecule has 0 spiro atoms. The topological polar surface area (TPSA) is 105 Å². The minimum Gasteiger partial charge on any atom is -0.493 e. The van der Waals surface area contributed by atoms with Gasteiger partial charge >= 0.3 is 0 Å². The lowest BCUT2D eigenvalue weighted by Gasteiger charge is -2.31. The SMILES string of the molecule is CNC(=O)[C@@H](C)N(Cc1ccc(Br)cc1)C(=O)CN(c1ccccc1)S(=O)(=O)c1ccc(OC)c(OC)c1. The minimum atomic E-state index is -4.23. The molecule has 1 atom stereocenters. The van der Waals surface area contributed by atoms with Crippen LogP contribution in [-0.4, -0.2) is 59.0 Å². The summed E-state index contributed by atoms with van der Waals surface area (Å²) in [6.45, 7) is 1.18. The zero-order valence-corrected chi connectivity index (χ0v) is 24.0. The Hall–Kier alpha value is -3.57. The molecule has 0 fully saturated rings. The molecular weight excluding hydrogens is 574 g/mol. The summed E-state index contributed by atoms with van der Waals surface area (Å²) in [6.07, 6.45) is 0. The molecule has 202 valence electrons. The molecule has 3 aromatic carbocycles. The zero-order chi connectivity index (χ0) is 27.9. The van der Waals surface area contributed by atoms with Gasteiger partial charge in [0.25, 0.3) is 10.0 Å². The number of sulfonamides is 1. The Morgan fingerprint density at radius 3 is 2.16 bits per heavy atom. The van der Waals surface area contributed by atoms with Gasteiger partial charge in [0, 0.05) is 24.1 Å². The number of nitrogens with zero attached hydrogens (tertiary/aromatic N) is 2. The average Bonchev–Trinajstić information content (AvgIpc) is 2.94. The van der Waals surface area contributed by atoms with Gasteiger partial charge in [-0.1, -0.05) is 46.3 Å². The van der Waals surface area contributed by atoms with Crippen molar-refractivity contribution in [2.45, 2.75) is 24.4 Å². The smallest absolute Gasteiger partial charge is 0.264 e. The number of halogens is 1. The van der Waals surface area contributed by atoms with Crippen LogP contribution in [0.15, 0.2) is 82.2 Å². The highest BCUT2D eigenvalue weighted by atomic mass is 79.9. The third-order valence-electron chi connectivity index (χ3n) is 5.95. The highest BCUT2D eigenvalue weighted by molar-refractivity contribution is 9.10. The predicted molar refractivity (Wildman–Crippen MR) is 149 cm³/mol. The van der Waals surface area contributed by atoms with E-state index in [9.17, 15) is 18.0 Å². The van der Waals surface area contributed by atoms with Crippen LogP contribution in [0, 0.1) is 0 Å². The Labute approximate surface area is 231 Å². The molecule has 3 rings (SSSR count). The van der Waals surface area contributed by atoms with Crippen LogP contribution in [0.5, 0.6) is 11.5 Å². The number of anilines is 1. The molecule has 3 aromatic rings. The Balaban J connectivity index is 2.03. The molecule has 0 unspecified atom stereocenters. The van der Waals surface area contributed by atoms with Gasteiger partial charge in [0.2, 0.25) is 11.8 Å². The monoisotopic (exact) mass is 603 g/mol. The van der Waals surface area contributed by atoms with Crippen LogP contribution in [0.4, 0.5) is 5.69 Å². The Morgan fingerprint density at radius 1 is 0.947 bits per heavy atom. The van der Waals surface area contributed by atoms with E-state index in [4.69, 9.17) is 9.47 Å². The highest BCUT2D eigenvalue weighted by Gasteiger charge is 2.32. The second-order valence-electron chi connectivity index (χ2n) is 8.30. The molecule has 0 aromatic heterocycles. The van der Waals surface area contributed by atoms with Crippen LogP contribution in [0.1, 0.15) is 12.5 Å². The molecule has 0 bridgehead atoms. The van der Waals surface area contributed by atoms with Crippen molar-refractivity contribution in [3.8, 4) is 11.5 Å². The zero-order valence-electron chi connectivity index (χ0n) is 21.5. The van der Waals surface area contributed by atoms with Gasteiger partial charge in [-0.25, -0.2) is 8.42 Å². The van der Waals surface area contributed by atoms with Crippen molar-refractivity contribution in [3.63, 3.8) is 0 Å². The van der Waals surface area contributed by atoms with E-state index < -0.39 is 28.5 Å². The average molecular weight is 605 g/mol. The summed E-state index contributed by atoms with van der Waals surface area (Å²) in [4.78, 5) is 27.6. The molecule has 0 heterocycles. The summed E-state index contributed by atoms with van der Waals surface area (Å²) in [5, 5.41) is 2.56. The van der Waals surface area contributed by atoms with Crippen LogP contribution < -0.4 is 19.1 Å². The number of methoxy groups -OCH3 is 2. The van der Waals surface area contributed by atoms with Gasteiger partial charge in [-0.15, -0.1) is 0 Å². The molecule has 0 saturated carbocycles. The third-order valence-corrected chi connectivity index (χ3v) is 8.24. The maximum atomic E-state index is 13.9. The fourth-order valence-electron chi connectivity index (χ4n) is 3.81. The maximum Gasteiger partial charge on any atom is 0.264 e. The summed E-state index contributed by atoms with van der Waals surface area (Å²) in [5.74, 6) is -0.312. The van der Waals surface area contributed by atoms with Crippen LogP contribution in [0.2, 0.25) is 0 Å². The Bertz CT molecular complexity index is 1370. The van der Waals surface area contributed by atoms with E-state index in [-0.39, 0.29) is 23.1 Å². The van der Waals surface area contributed by atoms with E-state index in [0.29, 0.717) is 11.4 Å². The fraction of sp³-hybridized carbons (Fsp3) is 0.259. The van der Waals surface area contributed by atoms with E-state index >= 15 is 0 Å². The number of likely N-dealkylation sites (N-methyl/N-ethyl adjacent to an activating group) is 1. The first-order valence-corrected chi connectivity index (χ1v) is 13.9. The molecule has 0 aliphatic rings. The van der Waals surface area contributed by atoms with Gasteiger partial charge in [0.1, 0.15) is 12.6 Å². The molecule has 1 N–H and O–H groups in total. The summed E-state index contributed by atoms with van der Waals surface area (Å²) in [7, 11) is 0.121. The quantitative estimate of drug-likeness (QED) is 0.357. The van der Waals surface area contributed by atoms with E-state index in [1.54, 1.807) is 37.3 Å². The second kappa shape index (κ2) is 12.8. The number of benzene rings is 3. The summed E-state index contributed by atoms with van der Waals surface area (Å²) in [5.41, 5.74) is 1.08. The van der Waals surface area contributed by atoms with Gasteiger partial charge < -0.3 is 19.7 Å². The number of nitrogens with one attached hydrogen (secondary N) is 1. The van der Waals surface area contributed by atoms with Crippen molar-refractivity contribution >= 4 is 43.5 Å². The molecule has 0 aliphatic heterocycles. The molecule has 9 nitrogen and oxygen atoms in total. The number of hydrogen-bond acceptors (Lipinski definition) is 6. The first-order chi connectivity index (χ1) is 18.1. The molecule has 0 saturated heterocycles.